The van der Waals surface area contributed by atoms with Crippen LogP contribution in [0, 0.1) is 0 Å². The highest BCUT2D eigenvalue weighted by atomic mass is 32.2. The third-order valence-corrected chi connectivity index (χ3v) is 9.88. The molecule has 1 aliphatic heterocycles. The number of hydrogen-bond acceptors (Lipinski definition) is 2. The third kappa shape index (κ3) is 2.86. The van der Waals surface area contributed by atoms with E-state index in [2.05, 4.69) is 108 Å². The van der Waals surface area contributed by atoms with Gasteiger partial charge in [-0.15, -0.1) is 0 Å². The molecule has 0 bridgehead atoms. The first-order chi connectivity index (χ1) is 17.4. The van der Waals surface area contributed by atoms with Crippen LogP contribution in [0.25, 0.3) is 44.2 Å². The summed E-state index contributed by atoms with van der Waals surface area (Å²) in [5.74, 6) is 0. The molecule has 35 heavy (non-hydrogen) atoms. The Hall–Kier alpha value is -3.40. The molecule has 0 amide bonds. The van der Waals surface area contributed by atoms with Crippen molar-refractivity contribution in [3.05, 3.63) is 108 Å². The second kappa shape index (κ2) is 7.55. The van der Waals surface area contributed by atoms with Gasteiger partial charge in [-0.2, -0.15) is 0 Å². The molecule has 1 aliphatic carbocycles. The SMILES string of the molecule is C1=Cc2c(c3c4c(ccc3n2-c2c3ccccc3cc3ccccc23)Sc2ccccc2S4)CC1. The van der Waals surface area contributed by atoms with Crippen molar-refractivity contribution in [2.75, 3.05) is 0 Å². The summed E-state index contributed by atoms with van der Waals surface area (Å²) in [6, 6.07) is 33.5. The zero-order chi connectivity index (χ0) is 22.9. The van der Waals surface area contributed by atoms with Crippen LogP contribution in [-0.2, 0) is 6.42 Å². The van der Waals surface area contributed by atoms with Crippen LogP contribution in [0.3, 0.4) is 0 Å². The number of allylic oxidation sites excluding steroid dienone is 1. The maximum Gasteiger partial charge on any atom is 0.0618 e. The van der Waals surface area contributed by atoms with E-state index in [1.54, 1.807) is 0 Å². The Labute approximate surface area is 212 Å². The molecule has 5 aromatic carbocycles. The number of aryl methyl sites for hydroxylation is 1. The normalized spacial score (nSPS) is 14.3. The van der Waals surface area contributed by atoms with Crippen molar-refractivity contribution < 1.29 is 0 Å². The van der Waals surface area contributed by atoms with Gasteiger partial charge in [0, 0.05) is 41.4 Å². The maximum absolute atomic E-state index is 2.55. The van der Waals surface area contributed by atoms with Gasteiger partial charge < -0.3 is 4.57 Å². The van der Waals surface area contributed by atoms with Crippen molar-refractivity contribution >= 4 is 62.0 Å². The van der Waals surface area contributed by atoms with Gasteiger partial charge in [-0.25, -0.2) is 0 Å². The molecule has 8 rings (SSSR count). The Kier molecular flexibility index (Phi) is 4.28. The molecule has 166 valence electrons. The average Bonchev–Trinajstić information content (AvgIpc) is 3.25. The van der Waals surface area contributed by atoms with Crippen molar-refractivity contribution in [2.24, 2.45) is 0 Å². The van der Waals surface area contributed by atoms with E-state index in [0.717, 1.165) is 12.8 Å². The summed E-state index contributed by atoms with van der Waals surface area (Å²) in [7, 11) is 0. The highest BCUT2D eigenvalue weighted by Gasteiger charge is 2.27. The van der Waals surface area contributed by atoms with Gasteiger partial charge in [-0.05, 0) is 65.6 Å². The van der Waals surface area contributed by atoms with Gasteiger partial charge in [0.15, 0.2) is 0 Å². The Morgan fingerprint density at radius 1 is 0.657 bits per heavy atom. The fourth-order valence-corrected chi connectivity index (χ4v) is 8.19. The predicted molar refractivity (Wildman–Crippen MR) is 150 cm³/mol. The summed E-state index contributed by atoms with van der Waals surface area (Å²) in [5, 5.41) is 6.61. The minimum Gasteiger partial charge on any atom is -0.308 e. The lowest BCUT2D eigenvalue weighted by molar-refractivity contribution is 0.969. The topological polar surface area (TPSA) is 4.93 Å². The first kappa shape index (κ1) is 19.9. The predicted octanol–water partition coefficient (Wildman–Crippen LogP) is 9.51. The summed E-state index contributed by atoms with van der Waals surface area (Å²) in [6.45, 7) is 0. The van der Waals surface area contributed by atoms with Crippen molar-refractivity contribution in [1.82, 2.24) is 4.57 Å². The summed E-state index contributed by atoms with van der Waals surface area (Å²) < 4.78 is 2.55. The smallest absolute Gasteiger partial charge is 0.0618 e. The van der Waals surface area contributed by atoms with Crippen LogP contribution in [-0.4, -0.2) is 4.57 Å². The molecule has 0 atom stereocenters. The highest BCUT2D eigenvalue weighted by molar-refractivity contribution is 8.05. The van der Waals surface area contributed by atoms with Crippen LogP contribution < -0.4 is 0 Å². The summed E-state index contributed by atoms with van der Waals surface area (Å²) in [5.41, 5.74) is 5.44. The zero-order valence-electron chi connectivity index (χ0n) is 19.0. The van der Waals surface area contributed by atoms with E-state index in [0.29, 0.717) is 0 Å². The van der Waals surface area contributed by atoms with E-state index in [1.165, 1.54) is 69.0 Å². The van der Waals surface area contributed by atoms with E-state index in [-0.39, 0.29) is 0 Å². The van der Waals surface area contributed by atoms with Crippen LogP contribution in [0.5, 0.6) is 0 Å². The van der Waals surface area contributed by atoms with E-state index >= 15 is 0 Å². The lowest BCUT2D eigenvalue weighted by Crippen LogP contribution is -2.02. The monoisotopic (exact) mass is 483 g/mol. The van der Waals surface area contributed by atoms with Crippen LogP contribution >= 0.6 is 23.5 Å². The number of hydrogen-bond donors (Lipinski definition) is 0. The van der Waals surface area contributed by atoms with Crippen LogP contribution in [0.15, 0.2) is 117 Å². The van der Waals surface area contributed by atoms with E-state index in [9.17, 15) is 0 Å². The van der Waals surface area contributed by atoms with Gasteiger partial charge in [0.05, 0.1) is 11.2 Å². The standard InChI is InChI=1S/C32H21NS2/c1-3-11-22-20(9-1)19-21-10-2-4-12-23(21)31(22)33-25-14-6-5-13-24(25)30-26(33)17-18-29-32(30)35-28-16-8-7-15-27(28)34-29/h1-4,6-12,14-19H,5,13H2. The Morgan fingerprint density at radius 2 is 1.34 bits per heavy atom. The molecule has 0 fully saturated rings. The van der Waals surface area contributed by atoms with Crippen LogP contribution in [0.4, 0.5) is 0 Å². The lowest BCUT2D eigenvalue weighted by Gasteiger charge is -2.20. The second-order valence-corrected chi connectivity index (χ2v) is 11.4. The summed E-state index contributed by atoms with van der Waals surface area (Å²) >= 11 is 3.85. The van der Waals surface area contributed by atoms with Crippen LogP contribution in [0.2, 0.25) is 0 Å². The fraction of sp³-hybridized carbons (Fsp3) is 0.0625. The minimum absolute atomic E-state index is 1.08. The number of nitrogens with zero attached hydrogens (tertiary/aromatic N) is 1. The molecule has 3 heteroatoms. The minimum atomic E-state index is 1.08. The zero-order valence-corrected chi connectivity index (χ0v) is 20.6. The lowest BCUT2D eigenvalue weighted by atomic mass is 9.99. The Morgan fingerprint density at radius 3 is 2.11 bits per heavy atom. The number of fused-ring (bicyclic) bond motifs is 8. The quantitative estimate of drug-likeness (QED) is 0.214. The third-order valence-electron chi connectivity index (χ3n) is 7.28. The first-order valence-electron chi connectivity index (χ1n) is 12.1. The van der Waals surface area contributed by atoms with Gasteiger partial charge in [-0.1, -0.05) is 90.3 Å². The molecule has 0 spiro atoms. The van der Waals surface area contributed by atoms with E-state index in [4.69, 9.17) is 0 Å². The molecule has 1 nitrogen and oxygen atoms in total. The highest BCUT2D eigenvalue weighted by Crippen LogP contribution is 2.53. The first-order valence-corrected chi connectivity index (χ1v) is 13.7. The molecular weight excluding hydrogens is 462 g/mol. The van der Waals surface area contributed by atoms with Crippen molar-refractivity contribution in [1.29, 1.82) is 0 Å². The van der Waals surface area contributed by atoms with E-state index < -0.39 is 0 Å². The Bertz CT molecular complexity index is 1800. The molecule has 1 aromatic heterocycles. The molecule has 2 heterocycles. The average molecular weight is 484 g/mol. The summed E-state index contributed by atoms with van der Waals surface area (Å²) in [4.78, 5) is 5.51. The van der Waals surface area contributed by atoms with Crippen molar-refractivity contribution in [3.8, 4) is 5.69 Å². The van der Waals surface area contributed by atoms with Crippen molar-refractivity contribution in [3.63, 3.8) is 0 Å². The molecule has 6 aromatic rings. The van der Waals surface area contributed by atoms with Gasteiger partial charge in [0.25, 0.3) is 0 Å². The summed E-state index contributed by atoms with van der Waals surface area (Å²) in [6.07, 6.45) is 6.88. The molecule has 0 saturated heterocycles. The number of benzene rings is 5. The van der Waals surface area contributed by atoms with Gasteiger partial charge in [0.1, 0.15) is 0 Å². The molecule has 0 N–H and O–H groups in total. The maximum atomic E-state index is 2.55. The largest absolute Gasteiger partial charge is 0.308 e. The van der Waals surface area contributed by atoms with Gasteiger partial charge in [0.2, 0.25) is 0 Å². The van der Waals surface area contributed by atoms with Gasteiger partial charge >= 0.3 is 0 Å². The second-order valence-electron chi connectivity index (χ2n) is 9.25. The van der Waals surface area contributed by atoms with Crippen LogP contribution in [0.1, 0.15) is 17.7 Å². The van der Waals surface area contributed by atoms with Gasteiger partial charge in [-0.3, -0.25) is 0 Å². The van der Waals surface area contributed by atoms with E-state index in [1.807, 2.05) is 23.5 Å². The van der Waals surface area contributed by atoms with Crippen molar-refractivity contribution in [2.45, 2.75) is 32.4 Å². The molecule has 2 aliphatic rings. The Balaban J connectivity index is 1.52. The molecule has 0 saturated carbocycles. The number of rotatable bonds is 1. The number of aromatic nitrogens is 1. The molecule has 0 unspecified atom stereocenters. The molecule has 0 radical (unpaired) electrons. The fourth-order valence-electron chi connectivity index (χ4n) is 5.78. The molecular formula is C32H21NS2.